The van der Waals surface area contributed by atoms with E-state index in [4.69, 9.17) is 21.2 Å². The second-order valence-corrected chi connectivity index (χ2v) is 8.84. The van der Waals surface area contributed by atoms with Crippen LogP contribution in [0.4, 0.5) is 0 Å². The molecule has 0 radical (unpaired) electrons. The van der Waals surface area contributed by atoms with Crippen LogP contribution in [0.2, 0.25) is 0 Å². The summed E-state index contributed by atoms with van der Waals surface area (Å²) >= 11 is 0. The van der Waals surface area contributed by atoms with Gasteiger partial charge in [0.15, 0.2) is 0 Å². The molecule has 184 valence electrons. The molecule has 0 spiro atoms. The minimum atomic E-state index is -0.614. The molecule has 1 saturated carbocycles. The van der Waals surface area contributed by atoms with Gasteiger partial charge in [-0.05, 0) is 24.3 Å². The van der Waals surface area contributed by atoms with Crippen LogP contribution in [0.15, 0.2) is 40.0 Å². The van der Waals surface area contributed by atoms with Gasteiger partial charge in [-0.25, -0.2) is 5.43 Å². The maximum atomic E-state index is 12.1. The largest absolute Gasteiger partial charge is 0.464 e. The Labute approximate surface area is 195 Å². The van der Waals surface area contributed by atoms with Crippen molar-refractivity contribution in [1.82, 2.24) is 20.7 Å². The van der Waals surface area contributed by atoms with Gasteiger partial charge in [-0.1, -0.05) is 32.8 Å². The van der Waals surface area contributed by atoms with E-state index in [9.17, 15) is 9.59 Å². The van der Waals surface area contributed by atoms with Crippen LogP contribution in [0.5, 0.6) is 0 Å². The molecule has 1 aromatic heterocycles. The number of nitrogens with two attached hydrogens (primary N) is 2. The lowest BCUT2D eigenvalue weighted by Gasteiger charge is -2.29. The average Bonchev–Trinajstić information content (AvgIpc) is 2.78. The van der Waals surface area contributed by atoms with Gasteiger partial charge in [0.25, 0.3) is 0 Å². The van der Waals surface area contributed by atoms with Crippen molar-refractivity contribution in [2.45, 2.75) is 58.2 Å². The summed E-state index contributed by atoms with van der Waals surface area (Å²) in [5.74, 6) is 0.810. The van der Waals surface area contributed by atoms with E-state index in [0.29, 0.717) is 24.8 Å². The smallest absolute Gasteiger partial charge is 0.323 e. The molecule has 1 fully saturated rings. The number of esters is 1. The van der Waals surface area contributed by atoms with Crippen LogP contribution in [-0.2, 0) is 23.1 Å². The van der Waals surface area contributed by atoms with Gasteiger partial charge in [0.05, 0.1) is 12.6 Å². The summed E-state index contributed by atoms with van der Waals surface area (Å²) in [4.78, 5) is 28.4. The predicted octanol–water partition coefficient (Wildman–Crippen LogP) is 0.483. The fourth-order valence-electron chi connectivity index (χ4n) is 3.71. The van der Waals surface area contributed by atoms with Gasteiger partial charge < -0.3 is 31.5 Å². The molecule has 10 heteroatoms. The molecule has 1 heterocycles. The van der Waals surface area contributed by atoms with Gasteiger partial charge >= 0.3 is 5.97 Å². The zero-order chi connectivity index (χ0) is 24.4. The molecule has 7 N–H and O–H groups in total. The number of hydrogen-bond acceptors (Lipinski definition) is 8. The molecule has 0 aromatic carbocycles. The summed E-state index contributed by atoms with van der Waals surface area (Å²) < 4.78 is 7.03. The van der Waals surface area contributed by atoms with Crippen LogP contribution < -0.4 is 33.2 Å². The van der Waals surface area contributed by atoms with Crippen LogP contribution in [0, 0.1) is 11.8 Å². The third kappa shape index (κ3) is 8.54. The number of hydrogen-bond donors (Lipinski definition) is 5. The average molecular weight is 462 g/mol. The highest BCUT2D eigenvalue weighted by molar-refractivity contribution is 5.92. The Morgan fingerprint density at radius 3 is 2.73 bits per heavy atom. The second kappa shape index (κ2) is 13.0. The number of aromatic nitrogens is 1. The highest BCUT2D eigenvalue weighted by atomic mass is 16.5. The Balaban J connectivity index is 2.03. The molecule has 33 heavy (non-hydrogen) atoms. The molecule has 0 amide bonds. The van der Waals surface area contributed by atoms with Crippen LogP contribution in [-0.4, -0.2) is 42.1 Å². The standard InChI is InChI=1S/C23H39N7O3/c1-15(2)22(25)23(32)33-14-17-7-5-6-8-18(17)28-19(24)11-20(29-26-3)27-12-16-9-10-21(31)30(4)13-16/h9-11,13,15,17-18,22,26-27,29H,5-8,12,14,25H2,1-4H3,(H2,24,28)/b20-11-/t17-,18-,22?/m0/s1. The molecular formula is C23H39N7O3. The Bertz CT molecular complexity index is 894. The van der Waals surface area contributed by atoms with Crippen LogP contribution in [0.3, 0.4) is 0 Å². The monoisotopic (exact) mass is 461 g/mol. The summed E-state index contributed by atoms with van der Waals surface area (Å²) in [7, 11) is 3.47. The molecule has 2 rings (SSSR count). The number of aryl methyl sites for hydroxylation is 1. The maximum absolute atomic E-state index is 12.1. The summed E-state index contributed by atoms with van der Waals surface area (Å²) in [6, 6.07) is 2.68. The molecular weight excluding hydrogens is 422 g/mol. The van der Waals surface area contributed by atoms with E-state index in [-0.39, 0.29) is 29.4 Å². The Hall–Kier alpha value is -2.85. The normalized spacial score (nSPS) is 20.4. The third-order valence-electron chi connectivity index (χ3n) is 5.80. The van der Waals surface area contributed by atoms with Crippen molar-refractivity contribution >= 4 is 11.8 Å². The minimum Gasteiger partial charge on any atom is -0.464 e. The molecule has 10 nitrogen and oxygen atoms in total. The lowest BCUT2D eigenvalue weighted by Crippen LogP contribution is -2.39. The SMILES string of the molecule is CNN/C(=C\C(N)=N[C@H]1CCCC[C@H]1COC(=O)C(N)C(C)C)NCc1ccc(=O)n(C)c1. The number of nitrogens with zero attached hydrogens (tertiary/aromatic N) is 2. The second-order valence-electron chi connectivity index (χ2n) is 8.84. The lowest BCUT2D eigenvalue weighted by atomic mass is 9.85. The van der Waals surface area contributed by atoms with E-state index >= 15 is 0 Å². The Kier molecular flexibility index (Phi) is 10.4. The van der Waals surface area contributed by atoms with Crippen molar-refractivity contribution in [2.24, 2.45) is 35.3 Å². The minimum absolute atomic E-state index is 0.0161. The topological polar surface area (TPSA) is 149 Å². The zero-order valence-electron chi connectivity index (χ0n) is 20.1. The van der Waals surface area contributed by atoms with E-state index < -0.39 is 6.04 Å². The number of ether oxygens (including phenoxy) is 1. The number of aliphatic imine (C=N–C) groups is 1. The molecule has 3 atom stereocenters. The number of amidine groups is 1. The van der Waals surface area contributed by atoms with E-state index in [1.54, 1.807) is 32.4 Å². The van der Waals surface area contributed by atoms with Gasteiger partial charge in [-0.15, -0.1) is 0 Å². The predicted molar refractivity (Wildman–Crippen MR) is 130 cm³/mol. The van der Waals surface area contributed by atoms with Gasteiger partial charge in [0.2, 0.25) is 5.56 Å². The van der Waals surface area contributed by atoms with Crippen LogP contribution >= 0.6 is 0 Å². The molecule has 1 unspecified atom stereocenters. The molecule has 0 saturated heterocycles. The summed E-state index contributed by atoms with van der Waals surface area (Å²) in [5, 5.41) is 3.25. The zero-order valence-corrected chi connectivity index (χ0v) is 20.1. The van der Waals surface area contributed by atoms with E-state index in [2.05, 4.69) is 16.2 Å². The quantitative estimate of drug-likeness (QED) is 0.138. The first-order valence-electron chi connectivity index (χ1n) is 11.5. The number of hydrazine groups is 1. The number of nitrogens with one attached hydrogen (secondary N) is 3. The van der Waals surface area contributed by atoms with Crippen molar-refractivity contribution in [3.05, 3.63) is 46.1 Å². The molecule has 1 aliphatic carbocycles. The fourth-order valence-corrected chi connectivity index (χ4v) is 3.71. The first kappa shape index (κ1) is 26.4. The molecule has 0 aliphatic heterocycles. The van der Waals surface area contributed by atoms with Crippen molar-refractivity contribution in [3.63, 3.8) is 0 Å². The first-order valence-corrected chi connectivity index (χ1v) is 11.5. The van der Waals surface area contributed by atoms with Gasteiger partial charge in [-0.3, -0.25) is 14.6 Å². The summed E-state index contributed by atoms with van der Waals surface area (Å²) in [5.41, 5.74) is 18.9. The van der Waals surface area contributed by atoms with E-state index in [1.807, 2.05) is 13.8 Å². The molecule has 1 aromatic rings. The summed E-state index contributed by atoms with van der Waals surface area (Å²) in [6.45, 7) is 4.60. The summed E-state index contributed by atoms with van der Waals surface area (Å²) in [6.07, 6.45) is 7.48. The number of carbonyl (C=O) groups excluding carboxylic acids is 1. The third-order valence-corrected chi connectivity index (χ3v) is 5.80. The van der Waals surface area contributed by atoms with E-state index in [0.717, 1.165) is 31.2 Å². The van der Waals surface area contributed by atoms with E-state index in [1.165, 1.54) is 10.6 Å². The van der Waals surface area contributed by atoms with Gasteiger partial charge in [0, 0.05) is 44.9 Å². The maximum Gasteiger partial charge on any atom is 0.323 e. The lowest BCUT2D eigenvalue weighted by molar-refractivity contribution is -0.148. The van der Waals surface area contributed by atoms with Crippen molar-refractivity contribution in [2.75, 3.05) is 13.7 Å². The van der Waals surface area contributed by atoms with Gasteiger partial charge in [-0.2, -0.15) is 0 Å². The number of pyridine rings is 1. The number of rotatable bonds is 11. The van der Waals surface area contributed by atoms with Crippen molar-refractivity contribution < 1.29 is 9.53 Å². The Morgan fingerprint density at radius 2 is 2.06 bits per heavy atom. The Morgan fingerprint density at radius 1 is 1.33 bits per heavy atom. The fraction of sp³-hybridized carbons (Fsp3) is 0.609. The number of carbonyl (C=O) groups is 1. The van der Waals surface area contributed by atoms with Crippen molar-refractivity contribution in [3.8, 4) is 0 Å². The highest BCUT2D eigenvalue weighted by Crippen LogP contribution is 2.27. The van der Waals surface area contributed by atoms with Crippen LogP contribution in [0.1, 0.15) is 45.1 Å². The van der Waals surface area contributed by atoms with Gasteiger partial charge in [0.1, 0.15) is 17.7 Å². The first-order chi connectivity index (χ1) is 15.7. The molecule has 1 aliphatic rings. The van der Waals surface area contributed by atoms with Crippen LogP contribution in [0.25, 0.3) is 0 Å². The van der Waals surface area contributed by atoms with Crippen molar-refractivity contribution in [1.29, 1.82) is 0 Å². The highest BCUT2D eigenvalue weighted by Gasteiger charge is 2.27. The molecule has 0 bridgehead atoms.